The molecular formula is C16H17FN2O3. The Morgan fingerprint density at radius 1 is 1.23 bits per heavy atom. The quantitative estimate of drug-likeness (QED) is 0.856. The molecule has 2 aromatic rings. The molecule has 3 rings (SSSR count). The molecule has 0 saturated carbocycles. The number of oxazole rings is 1. The van der Waals surface area contributed by atoms with Gasteiger partial charge in [0.05, 0.1) is 12.2 Å². The van der Waals surface area contributed by atoms with Gasteiger partial charge in [0.1, 0.15) is 5.82 Å². The number of morpholine rings is 1. The predicted octanol–water partition coefficient (Wildman–Crippen LogP) is 2.73. The van der Waals surface area contributed by atoms with Crippen molar-refractivity contribution in [2.45, 2.75) is 26.1 Å². The van der Waals surface area contributed by atoms with Crippen molar-refractivity contribution in [3.8, 4) is 11.3 Å². The monoisotopic (exact) mass is 304 g/mol. The largest absolute Gasteiger partial charge is 0.443 e. The molecule has 6 heteroatoms. The first-order chi connectivity index (χ1) is 10.5. The Bertz CT molecular complexity index is 658. The highest BCUT2D eigenvalue weighted by Gasteiger charge is 2.30. The van der Waals surface area contributed by atoms with Gasteiger partial charge in [-0.2, -0.15) is 0 Å². The Balaban J connectivity index is 1.88. The zero-order valence-corrected chi connectivity index (χ0v) is 12.5. The lowest BCUT2D eigenvalue weighted by molar-refractivity contribution is -0.0587. The van der Waals surface area contributed by atoms with Gasteiger partial charge in [0, 0.05) is 18.7 Å². The molecule has 0 spiro atoms. The van der Waals surface area contributed by atoms with Crippen LogP contribution in [0.5, 0.6) is 0 Å². The van der Waals surface area contributed by atoms with E-state index in [9.17, 15) is 9.18 Å². The summed E-state index contributed by atoms with van der Waals surface area (Å²) in [5.41, 5.74) is 0.865. The van der Waals surface area contributed by atoms with E-state index in [0.717, 1.165) is 0 Å². The molecule has 0 N–H and O–H groups in total. The molecule has 0 bridgehead atoms. The number of carbonyl (C=O) groups is 1. The molecule has 0 unspecified atom stereocenters. The van der Waals surface area contributed by atoms with E-state index >= 15 is 0 Å². The summed E-state index contributed by atoms with van der Waals surface area (Å²) >= 11 is 0. The van der Waals surface area contributed by atoms with Gasteiger partial charge < -0.3 is 14.1 Å². The molecule has 5 nitrogen and oxygen atoms in total. The molecule has 1 aliphatic heterocycles. The minimum absolute atomic E-state index is 0.0196. The van der Waals surface area contributed by atoms with E-state index in [1.807, 2.05) is 13.8 Å². The van der Waals surface area contributed by atoms with Crippen LogP contribution in [0.15, 0.2) is 35.1 Å². The van der Waals surface area contributed by atoms with E-state index in [1.54, 1.807) is 17.0 Å². The van der Waals surface area contributed by atoms with Crippen molar-refractivity contribution in [2.75, 3.05) is 13.1 Å². The summed E-state index contributed by atoms with van der Waals surface area (Å²) in [6.45, 7) is 4.89. The van der Waals surface area contributed by atoms with Crippen LogP contribution in [0.3, 0.4) is 0 Å². The Morgan fingerprint density at radius 3 is 2.50 bits per heavy atom. The van der Waals surface area contributed by atoms with Gasteiger partial charge in [-0.1, -0.05) is 0 Å². The number of nitrogens with zero attached hydrogens (tertiary/aromatic N) is 2. The van der Waals surface area contributed by atoms with Gasteiger partial charge >= 0.3 is 0 Å². The highest BCUT2D eigenvalue weighted by atomic mass is 19.1. The Hall–Kier alpha value is -2.21. The van der Waals surface area contributed by atoms with Gasteiger partial charge in [0.25, 0.3) is 5.91 Å². The highest BCUT2D eigenvalue weighted by Crippen LogP contribution is 2.25. The summed E-state index contributed by atoms with van der Waals surface area (Å²) < 4.78 is 24.0. The third-order valence-electron chi connectivity index (χ3n) is 3.58. The molecule has 1 amide bonds. The molecule has 0 aliphatic carbocycles. The molecule has 0 radical (unpaired) electrons. The first-order valence-electron chi connectivity index (χ1n) is 7.18. The maximum Gasteiger partial charge on any atom is 0.276 e. The van der Waals surface area contributed by atoms with Crippen LogP contribution in [0.2, 0.25) is 0 Å². The van der Waals surface area contributed by atoms with Crippen molar-refractivity contribution >= 4 is 5.91 Å². The standard InChI is InChI=1S/C16H17FN2O3/c1-10-7-19(8-11(2)22-10)16(20)14-15(21-9-18-14)12-3-5-13(17)6-4-12/h3-6,9-11H,7-8H2,1-2H3/t10-,11-/m1/s1. The minimum Gasteiger partial charge on any atom is -0.443 e. The average Bonchev–Trinajstić information content (AvgIpc) is 2.95. The van der Waals surface area contributed by atoms with Gasteiger partial charge in [-0.25, -0.2) is 9.37 Å². The van der Waals surface area contributed by atoms with Crippen molar-refractivity contribution in [3.05, 3.63) is 42.2 Å². The van der Waals surface area contributed by atoms with Gasteiger partial charge in [0.2, 0.25) is 0 Å². The van der Waals surface area contributed by atoms with Gasteiger partial charge in [-0.15, -0.1) is 0 Å². The fraction of sp³-hybridized carbons (Fsp3) is 0.375. The molecule has 1 aliphatic rings. The van der Waals surface area contributed by atoms with Crippen LogP contribution < -0.4 is 0 Å². The fourth-order valence-electron chi connectivity index (χ4n) is 2.70. The zero-order chi connectivity index (χ0) is 15.7. The number of aromatic nitrogens is 1. The van der Waals surface area contributed by atoms with E-state index in [-0.39, 0.29) is 29.6 Å². The van der Waals surface area contributed by atoms with Gasteiger partial charge in [-0.05, 0) is 38.1 Å². The highest BCUT2D eigenvalue weighted by molar-refractivity contribution is 5.97. The summed E-state index contributed by atoms with van der Waals surface area (Å²) in [6, 6.07) is 5.78. The van der Waals surface area contributed by atoms with Crippen molar-refractivity contribution < 1.29 is 18.3 Å². The Labute approximate surface area is 127 Å². The van der Waals surface area contributed by atoms with E-state index in [0.29, 0.717) is 24.4 Å². The second-order valence-electron chi connectivity index (χ2n) is 5.50. The van der Waals surface area contributed by atoms with Crippen LogP contribution in [-0.2, 0) is 4.74 Å². The SMILES string of the molecule is C[C@@H]1CN(C(=O)c2ncoc2-c2ccc(F)cc2)C[C@@H](C)O1. The lowest BCUT2D eigenvalue weighted by Crippen LogP contribution is -2.48. The summed E-state index contributed by atoms with van der Waals surface area (Å²) in [5.74, 6) is -0.182. The number of hydrogen-bond donors (Lipinski definition) is 0. The van der Waals surface area contributed by atoms with Crippen molar-refractivity contribution in [3.63, 3.8) is 0 Å². The summed E-state index contributed by atoms with van der Waals surface area (Å²) in [7, 11) is 0. The van der Waals surface area contributed by atoms with E-state index in [2.05, 4.69) is 4.98 Å². The third kappa shape index (κ3) is 2.87. The van der Waals surface area contributed by atoms with Crippen LogP contribution in [0.25, 0.3) is 11.3 Å². The maximum absolute atomic E-state index is 13.0. The number of halogens is 1. The summed E-state index contributed by atoms with van der Waals surface area (Å²) in [5, 5.41) is 0. The Morgan fingerprint density at radius 2 is 1.86 bits per heavy atom. The second-order valence-corrected chi connectivity index (χ2v) is 5.50. The van der Waals surface area contributed by atoms with E-state index < -0.39 is 0 Å². The molecule has 1 aromatic heterocycles. The summed E-state index contributed by atoms with van der Waals surface area (Å²) in [6.07, 6.45) is 1.20. The van der Waals surface area contributed by atoms with Crippen LogP contribution in [0.1, 0.15) is 24.3 Å². The topological polar surface area (TPSA) is 55.6 Å². The third-order valence-corrected chi connectivity index (χ3v) is 3.58. The average molecular weight is 304 g/mol. The lowest BCUT2D eigenvalue weighted by Gasteiger charge is -2.35. The number of benzene rings is 1. The molecule has 116 valence electrons. The second kappa shape index (κ2) is 5.88. The fourth-order valence-corrected chi connectivity index (χ4v) is 2.70. The van der Waals surface area contributed by atoms with Crippen LogP contribution in [0.4, 0.5) is 4.39 Å². The number of hydrogen-bond acceptors (Lipinski definition) is 4. The van der Waals surface area contributed by atoms with Crippen molar-refractivity contribution in [2.24, 2.45) is 0 Å². The Kier molecular flexibility index (Phi) is 3.94. The van der Waals surface area contributed by atoms with Crippen LogP contribution in [-0.4, -0.2) is 41.1 Å². The molecule has 2 heterocycles. The lowest BCUT2D eigenvalue weighted by atomic mass is 10.1. The molecule has 1 saturated heterocycles. The van der Waals surface area contributed by atoms with Crippen LogP contribution in [0, 0.1) is 5.82 Å². The molecule has 1 aromatic carbocycles. The number of carbonyl (C=O) groups excluding carboxylic acids is 1. The smallest absolute Gasteiger partial charge is 0.276 e. The number of amides is 1. The zero-order valence-electron chi connectivity index (χ0n) is 12.5. The van der Waals surface area contributed by atoms with Gasteiger partial charge in [0.15, 0.2) is 17.8 Å². The normalized spacial score (nSPS) is 21.9. The first kappa shape index (κ1) is 14.7. The van der Waals surface area contributed by atoms with Crippen molar-refractivity contribution in [1.82, 2.24) is 9.88 Å². The molecular weight excluding hydrogens is 287 g/mol. The number of ether oxygens (including phenoxy) is 1. The molecule has 1 fully saturated rings. The maximum atomic E-state index is 13.0. The van der Waals surface area contributed by atoms with E-state index in [1.165, 1.54) is 18.5 Å². The minimum atomic E-state index is -0.341. The summed E-state index contributed by atoms with van der Waals surface area (Å²) in [4.78, 5) is 18.4. The van der Waals surface area contributed by atoms with E-state index in [4.69, 9.17) is 9.15 Å². The molecule has 2 atom stereocenters. The van der Waals surface area contributed by atoms with Crippen LogP contribution >= 0.6 is 0 Å². The van der Waals surface area contributed by atoms with Gasteiger partial charge in [-0.3, -0.25) is 4.79 Å². The number of rotatable bonds is 2. The van der Waals surface area contributed by atoms with Crippen molar-refractivity contribution in [1.29, 1.82) is 0 Å². The predicted molar refractivity (Wildman–Crippen MR) is 77.8 cm³/mol. The first-order valence-corrected chi connectivity index (χ1v) is 7.18. The molecule has 22 heavy (non-hydrogen) atoms.